The topological polar surface area (TPSA) is 84.9 Å². The molecule has 1 saturated heterocycles. The Morgan fingerprint density at radius 1 is 1.13 bits per heavy atom. The predicted molar refractivity (Wildman–Crippen MR) is 153 cm³/mol. The van der Waals surface area contributed by atoms with Crippen molar-refractivity contribution in [1.29, 1.82) is 0 Å². The molecule has 1 aromatic carbocycles. The normalized spacial score (nSPS) is 19.1. The molecular formula is C29H40N2O5S2. The summed E-state index contributed by atoms with van der Waals surface area (Å²) in [7, 11) is 0. The molecule has 0 saturated carbocycles. The van der Waals surface area contributed by atoms with E-state index in [1.165, 1.54) is 0 Å². The minimum absolute atomic E-state index is 0.146. The number of thiophene rings is 1. The minimum atomic E-state index is -0.651. The lowest BCUT2D eigenvalue weighted by atomic mass is 10.0. The van der Waals surface area contributed by atoms with Gasteiger partial charge >= 0.3 is 11.9 Å². The molecule has 0 radical (unpaired) electrons. The molecule has 9 heteroatoms. The maximum Gasteiger partial charge on any atom is 0.326 e. The number of hydrogen-bond acceptors (Lipinski definition) is 8. The average Bonchev–Trinajstić information content (AvgIpc) is 3.36. The molecule has 0 spiro atoms. The summed E-state index contributed by atoms with van der Waals surface area (Å²) in [5, 5.41) is 5.30. The molecule has 1 aliphatic heterocycles. The standard InChI is InChI=1S/C29H40N2O5S2/c1-5-6-16-35-28(34)22(15-14-21-11-8-7-9-12-21)30-23-19-37-20-24(25-13-10-17-38-25)31(27(23)33)18-26(32)36-29(2,3)4/h7-13,17,22-24,30H,5-6,14-16,18-20H2,1-4H3. The van der Waals surface area contributed by atoms with Crippen molar-refractivity contribution in [2.75, 3.05) is 24.7 Å². The van der Waals surface area contributed by atoms with Crippen molar-refractivity contribution in [2.24, 2.45) is 0 Å². The number of nitrogens with zero attached hydrogens (tertiary/aromatic N) is 1. The maximum atomic E-state index is 13.9. The summed E-state index contributed by atoms with van der Waals surface area (Å²) in [6.07, 6.45) is 2.90. The summed E-state index contributed by atoms with van der Waals surface area (Å²) >= 11 is 3.21. The molecule has 3 atom stereocenters. The molecule has 0 bridgehead atoms. The van der Waals surface area contributed by atoms with E-state index in [-0.39, 0.29) is 24.5 Å². The maximum absolute atomic E-state index is 13.9. The van der Waals surface area contributed by atoms with Gasteiger partial charge in [0.05, 0.1) is 18.7 Å². The first-order chi connectivity index (χ1) is 18.2. The lowest BCUT2D eigenvalue weighted by Gasteiger charge is -2.32. The van der Waals surface area contributed by atoms with Crippen LogP contribution in [0.4, 0.5) is 0 Å². The van der Waals surface area contributed by atoms with E-state index >= 15 is 0 Å². The molecule has 3 unspecified atom stereocenters. The van der Waals surface area contributed by atoms with Gasteiger partial charge in [-0.1, -0.05) is 49.7 Å². The number of thioether (sulfide) groups is 1. The minimum Gasteiger partial charge on any atom is -0.465 e. The van der Waals surface area contributed by atoms with Crippen molar-refractivity contribution in [3.8, 4) is 0 Å². The summed E-state index contributed by atoms with van der Waals surface area (Å²) in [6, 6.07) is 12.4. The van der Waals surface area contributed by atoms with Gasteiger partial charge in [0, 0.05) is 16.4 Å². The van der Waals surface area contributed by atoms with Crippen molar-refractivity contribution in [2.45, 2.75) is 77.1 Å². The first-order valence-corrected chi connectivity index (χ1v) is 15.3. The molecular weight excluding hydrogens is 520 g/mol. The van der Waals surface area contributed by atoms with Gasteiger partial charge in [0.25, 0.3) is 0 Å². The molecule has 1 aromatic heterocycles. The molecule has 2 heterocycles. The number of unbranched alkanes of at least 4 members (excludes halogenated alkanes) is 1. The van der Waals surface area contributed by atoms with E-state index in [1.54, 1.807) is 28.0 Å². The van der Waals surface area contributed by atoms with Gasteiger partial charge in [-0.2, -0.15) is 11.8 Å². The van der Waals surface area contributed by atoms with E-state index in [4.69, 9.17) is 9.47 Å². The lowest BCUT2D eigenvalue weighted by molar-refractivity contribution is -0.160. The zero-order valence-electron chi connectivity index (χ0n) is 22.8. The highest BCUT2D eigenvalue weighted by molar-refractivity contribution is 7.99. The second kappa shape index (κ2) is 14.7. The number of esters is 2. The van der Waals surface area contributed by atoms with Crippen molar-refractivity contribution in [1.82, 2.24) is 10.2 Å². The summed E-state index contributed by atoms with van der Waals surface area (Å²) < 4.78 is 11.1. The van der Waals surface area contributed by atoms with E-state index in [0.29, 0.717) is 31.0 Å². The second-order valence-electron chi connectivity index (χ2n) is 10.4. The molecule has 0 aliphatic carbocycles. The van der Waals surface area contributed by atoms with Gasteiger partial charge in [-0.3, -0.25) is 19.7 Å². The molecule has 3 rings (SSSR count). The van der Waals surface area contributed by atoms with Crippen LogP contribution in [0.1, 0.15) is 63.4 Å². The SMILES string of the molecule is CCCCOC(=O)C(CCc1ccccc1)NC1CSCC(c2cccs2)N(CC(=O)OC(C)(C)C)C1=O. The Hall–Kier alpha value is -2.36. The van der Waals surface area contributed by atoms with Crippen LogP contribution < -0.4 is 5.32 Å². The molecule has 38 heavy (non-hydrogen) atoms. The number of carbonyl (C=O) groups excluding carboxylic acids is 3. The highest BCUT2D eigenvalue weighted by atomic mass is 32.2. The number of hydrogen-bond donors (Lipinski definition) is 1. The van der Waals surface area contributed by atoms with Crippen LogP contribution in [0, 0.1) is 0 Å². The average molecular weight is 561 g/mol. The lowest BCUT2D eigenvalue weighted by Crippen LogP contribution is -2.54. The third kappa shape index (κ3) is 9.43. The first kappa shape index (κ1) is 30.2. The molecule has 1 amide bonds. The fourth-order valence-corrected chi connectivity index (χ4v) is 6.37. The number of carbonyl (C=O) groups is 3. The number of benzene rings is 1. The summed E-state index contributed by atoms with van der Waals surface area (Å²) in [4.78, 5) is 42.5. The first-order valence-electron chi connectivity index (χ1n) is 13.3. The van der Waals surface area contributed by atoms with Crippen LogP contribution in [0.15, 0.2) is 47.8 Å². The van der Waals surface area contributed by atoms with E-state index in [1.807, 2.05) is 75.5 Å². The van der Waals surface area contributed by atoms with Gasteiger partial charge < -0.3 is 14.4 Å². The Morgan fingerprint density at radius 3 is 2.55 bits per heavy atom. The largest absolute Gasteiger partial charge is 0.465 e. The fraction of sp³-hybridized carbons (Fsp3) is 0.552. The number of ether oxygens (including phenoxy) is 2. The van der Waals surface area contributed by atoms with Crippen LogP contribution in [0.3, 0.4) is 0 Å². The van der Waals surface area contributed by atoms with Gasteiger partial charge in [0.15, 0.2) is 0 Å². The number of amides is 1. The van der Waals surface area contributed by atoms with Crippen LogP contribution in [0.5, 0.6) is 0 Å². The number of aryl methyl sites for hydroxylation is 1. The number of rotatable bonds is 12. The molecule has 7 nitrogen and oxygen atoms in total. The van der Waals surface area contributed by atoms with Gasteiger partial charge in [0.1, 0.15) is 18.2 Å². The quantitative estimate of drug-likeness (QED) is 0.289. The summed E-state index contributed by atoms with van der Waals surface area (Å²) in [5.41, 5.74) is 0.466. The van der Waals surface area contributed by atoms with Crippen molar-refractivity contribution >= 4 is 40.9 Å². The van der Waals surface area contributed by atoms with Gasteiger partial charge in [-0.25, -0.2) is 0 Å². The van der Waals surface area contributed by atoms with E-state index in [0.717, 1.165) is 23.3 Å². The van der Waals surface area contributed by atoms with Crippen LogP contribution in [0.2, 0.25) is 0 Å². The number of nitrogens with one attached hydrogen (secondary N) is 1. The van der Waals surface area contributed by atoms with Crippen LogP contribution in [-0.2, 0) is 30.3 Å². The zero-order chi connectivity index (χ0) is 27.5. The molecule has 1 fully saturated rings. The summed E-state index contributed by atoms with van der Waals surface area (Å²) in [5.74, 6) is 0.159. The van der Waals surface area contributed by atoms with Crippen molar-refractivity contribution in [3.05, 3.63) is 58.3 Å². The smallest absolute Gasteiger partial charge is 0.326 e. The van der Waals surface area contributed by atoms with E-state index in [2.05, 4.69) is 5.32 Å². The Kier molecular flexibility index (Phi) is 11.7. The van der Waals surface area contributed by atoms with Crippen LogP contribution in [0.25, 0.3) is 0 Å². The molecule has 208 valence electrons. The van der Waals surface area contributed by atoms with Crippen molar-refractivity contribution < 1.29 is 23.9 Å². The Labute approximate surface area is 234 Å². The zero-order valence-corrected chi connectivity index (χ0v) is 24.4. The van der Waals surface area contributed by atoms with E-state index in [9.17, 15) is 14.4 Å². The Bertz CT molecular complexity index is 1020. The molecule has 2 aromatic rings. The van der Waals surface area contributed by atoms with E-state index < -0.39 is 23.7 Å². The Morgan fingerprint density at radius 2 is 1.89 bits per heavy atom. The van der Waals surface area contributed by atoms with Crippen LogP contribution in [-0.4, -0.2) is 65.1 Å². The summed E-state index contributed by atoms with van der Waals surface area (Å²) in [6.45, 7) is 7.70. The fourth-order valence-electron chi connectivity index (χ4n) is 4.23. The van der Waals surface area contributed by atoms with Crippen molar-refractivity contribution in [3.63, 3.8) is 0 Å². The van der Waals surface area contributed by atoms with Gasteiger partial charge in [-0.05, 0) is 57.0 Å². The van der Waals surface area contributed by atoms with Crippen LogP contribution >= 0.6 is 23.1 Å². The highest BCUT2D eigenvalue weighted by Crippen LogP contribution is 2.32. The molecule has 1 aliphatic rings. The van der Waals surface area contributed by atoms with Gasteiger partial charge in [-0.15, -0.1) is 11.3 Å². The highest BCUT2D eigenvalue weighted by Gasteiger charge is 2.38. The third-order valence-electron chi connectivity index (χ3n) is 6.10. The molecule has 1 N–H and O–H groups in total. The predicted octanol–water partition coefficient (Wildman–Crippen LogP) is 5.01. The second-order valence-corrected chi connectivity index (χ2v) is 12.5. The third-order valence-corrected chi connectivity index (χ3v) is 8.20. The monoisotopic (exact) mass is 560 g/mol. The van der Waals surface area contributed by atoms with Gasteiger partial charge in [0.2, 0.25) is 5.91 Å². The Balaban J connectivity index is 1.80.